The molecule has 38 heavy (non-hydrogen) atoms. The molecule has 1 fully saturated rings. The lowest BCUT2D eigenvalue weighted by molar-refractivity contribution is -0.137. The van der Waals surface area contributed by atoms with E-state index in [1.807, 2.05) is 48.2 Å². The normalized spacial score (nSPS) is 18.8. The van der Waals surface area contributed by atoms with E-state index < -0.39 is 12.1 Å². The van der Waals surface area contributed by atoms with E-state index in [1.165, 1.54) is 4.90 Å². The summed E-state index contributed by atoms with van der Waals surface area (Å²) >= 11 is 1.82. The lowest BCUT2D eigenvalue weighted by atomic mass is 9.79. The number of aliphatic carboxylic acids is 1. The largest absolute Gasteiger partial charge is 0.497 e. The summed E-state index contributed by atoms with van der Waals surface area (Å²) < 4.78 is 10.7. The molecular formula is C30H38N2O5S. The number of carboxylic acids is 1. The average molecular weight is 539 g/mol. The second-order valence-corrected chi connectivity index (χ2v) is 11.1. The first-order valence-corrected chi connectivity index (χ1v) is 14.3. The summed E-state index contributed by atoms with van der Waals surface area (Å²) in [6, 6.07) is 15.7. The Bertz CT molecular complexity index is 1210. The van der Waals surface area contributed by atoms with E-state index in [1.54, 1.807) is 20.4 Å². The quantitative estimate of drug-likeness (QED) is 0.269. The molecule has 3 aromatic rings. The highest BCUT2D eigenvalue weighted by Gasteiger charge is 2.30. The maximum absolute atomic E-state index is 11.4. The van der Waals surface area contributed by atoms with Crippen LogP contribution in [0.25, 0.3) is 10.9 Å². The number of benzene rings is 2. The highest BCUT2D eigenvalue weighted by atomic mass is 32.2. The van der Waals surface area contributed by atoms with Gasteiger partial charge >= 0.3 is 5.97 Å². The summed E-state index contributed by atoms with van der Waals surface area (Å²) in [6.45, 7) is 2.87. The Morgan fingerprint density at radius 1 is 1.11 bits per heavy atom. The molecule has 0 radical (unpaired) electrons. The fourth-order valence-corrected chi connectivity index (χ4v) is 6.41. The zero-order chi connectivity index (χ0) is 26.9. The van der Waals surface area contributed by atoms with Crippen LogP contribution in [0.4, 0.5) is 0 Å². The van der Waals surface area contributed by atoms with Crippen molar-refractivity contribution < 1.29 is 24.5 Å². The fourth-order valence-electron chi connectivity index (χ4n) is 5.45. The van der Waals surface area contributed by atoms with Gasteiger partial charge in [-0.1, -0.05) is 6.07 Å². The number of rotatable bonds is 13. The smallest absolute Gasteiger partial charge is 0.303 e. The third-order valence-electron chi connectivity index (χ3n) is 7.57. The van der Waals surface area contributed by atoms with Gasteiger partial charge < -0.3 is 24.6 Å². The molecule has 1 saturated heterocycles. The van der Waals surface area contributed by atoms with Crippen molar-refractivity contribution in [1.29, 1.82) is 0 Å². The first-order chi connectivity index (χ1) is 18.5. The topological polar surface area (TPSA) is 92.1 Å². The minimum atomic E-state index is -0.744. The van der Waals surface area contributed by atoms with Gasteiger partial charge in [-0.15, -0.1) is 11.8 Å². The molecule has 2 unspecified atom stereocenters. The number of pyridine rings is 1. The summed E-state index contributed by atoms with van der Waals surface area (Å²) in [5.74, 6) is 2.54. The molecule has 2 N–H and O–H groups in total. The van der Waals surface area contributed by atoms with E-state index in [0.29, 0.717) is 24.7 Å². The van der Waals surface area contributed by atoms with Crippen molar-refractivity contribution in [3.05, 3.63) is 60.3 Å². The summed E-state index contributed by atoms with van der Waals surface area (Å²) in [7, 11) is 3.31. The highest BCUT2D eigenvalue weighted by Crippen LogP contribution is 2.35. The Labute approximate surface area is 229 Å². The van der Waals surface area contributed by atoms with Gasteiger partial charge in [0, 0.05) is 41.7 Å². The number of carboxylic acid groups (broad SMARTS) is 1. The second-order valence-electron chi connectivity index (χ2n) is 9.95. The van der Waals surface area contributed by atoms with Crippen LogP contribution in [0.5, 0.6) is 11.5 Å². The van der Waals surface area contributed by atoms with E-state index in [0.717, 1.165) is 66.2 Å². The molecule has 7 nitrogen and oxygen atoms in total. The highest BCUT2D eigenvalue weighted by molar-refractivity contribution is 7.99. The van der Waals surface area contributed by atoms with Crippen molar-refractivity contribution in [2.45, 2.75) is 43.1 Å². The van der Waals surface area contributed by atoms with Gasteiger partial charge in [0.05, 0.1) is 25.8 Å². The molecule has 4 rings (SSSR count). The molecule has 204 valence electrons. The van der Waals surface area contributed by atoms with Crippen LogP contribution in [0.3, 0.4) is 0 Å². The molecule has 0 spiro atoms. The Kier molecular flexibility index (Phi) is 10.3. The third kappa shape index (κ3) is 7.62. The van der Waals surface area contributed by atoms with Gasteiger partial charge in [0.25, 0.3) is 0 Å². The van der Waals surface area contributed by atoms with Crippen LogP contribution in [0, 0.1) is 11.8 Å². The van der Waals surface area contributed by atoms with Crippen LogP contribution >= 0.6 is 11.8 Å². The van der Waals surface area contributed by atoms with Gasteiger partial charge in [-0.2, -0.15) is 0 Å². The molecule has 2 heterocycles. The van der Waals surface area contributed by atoms with E-state index in [-0.39, 0.29) is 6.42 Å². The number of thioether (sulfide) groups is 1. The average Bonchev–Trinajstić information content (AvgIpc) is 2.94. The van der Waals surface area contributed by atoms with Crippen molar-refractivity contribution >= 4 is 28.6 Å². The maximum Gasteiger partial charge on any atom is 0.303 e. The minimum absolute atomic E-state index is 0.185. The third-order valence-corrected chi connectivity index (χ3v) is 8.55. The number of ether oxygens (including phenoxy) is 2. The number of piperidine rings is 1. The monoisotopic (exact) mass is 538 g/mol. The SMILES string of the molecule is COc1cccc(SCCN2CCC(CC[C@H](O)c3ccnc4ccc(OC)cc34)C(CCC(=O)O)C2)c1. The molecule has 8 heteroatoms. The Balaban J connectivity index is 1.34. The van der Waals surface area contributed by atoms with E-state index >= 15 is 0 Å². The molecular weight excluding hydrogens is 500 g/mol. The first-order valence-electron chi connectivity index (χ1n) is 13.3. The molecule has 0 bridgehead atoms. The lowest BCUT2D eigenvalue weighted by Crippen LogP contribution is -2.41. The number of hydrogen-bond acceptors (Lipinski definition) is 7. The molecule has 0 saturated carbocycles. The molecule has 0 amide bonds. The van der Waals surface area contributed by atoms with Gasteiger partial charge in [-0.05, 0) is 92.1 Å². The number of methoxy groups -OCH3 is 2. The predicted molar refractivity (Wildman–Crippen MR) is 151 cm³/mol. The molecule has 1 aliphatic heterocycles. The van der Waals surface area contributed by atoms with Gasteiger partial charge in [0.15, 0.2) is 0 Å². The number of aliphatic hydroxyl groups excluding tert-OH is 1. The lowest BCUT2D eigenvalue weighted by Gasteiger charge is -2.39. The Morgan fingerprint density at radius 3 is 2.71 bits per heavy atom. The number of carbonyl (C=O) groups is 1. The van der Waals surface area contributed by atoms with Crippen molar-refractivity contribution in [1.82, 2.24) is 9.88 Å². The number of nitrogens with zero attached hydrogens (tertiary/aromatic N) is 2. The predicted octanol–water partition coefficient (Wildman–Crippen LogP) is 5.66. The standard InChI is InChI=1S/C30H38N2O5S/c1-36-23-4-3-5-25(18-23)38-17-16-32-15-13-21(22(20-32)7-11-30(34)35)6-10-29(33)26-12-14-31-28-9-8-24(37-2)19-27(26)28/h3-5,8-9,12,14,18-19,21-22,29,33H,6-7,10-11,13,15-17,20H2,1-2H3,(H,34,35)/t21?,22?,29-/m0/s1. The van der Waals surface area contributed by atoms with Gasteiger partial charge in [-0.25, -0.2) is 0 Å². The van der Waals surface area contributed by atoms with Gasteiger partial charge in [0.2, 0.25) is 0 Å². The number of likely N-dealkylation sites (tertiary alicyclic amines) is 1. The first kappa shape index (κ1) is 28.2. The van der Waals surface area contributed by atoms with Crippen LogP contribution in [0.2, 0.25) is 0 Å². The molecule has 3 atom stereocenters. The van der Waals surface area contributed by atoms with Crippen molar-refractivity contribution in [2.24, 2.45) is 11.8 Å². The maximum atomic E-state index is 11.4. The van der Waals surface area contributed by atoms with E-state index in [2.05, 4.69) is 22.0 Å². The zero-order valence-corrected chi connectivity index (χ0v) is 23.0. The molecule has 2 aromatic carbocycles. The van der Waals surface area contributed by atoms with Crippen LogP contribution in [-0.2, 0) is 4.79 Å². The molecule has 0 aliphatic carbocycles. The Morgan fingerprint density at radius 2 is 1.92 bits per heavy atom. The van der Waals surface area contributed by atoms with E-state index in [4.69, 9.17) is 9.47 Å². The second kappa shape index (κ2) is 13.8. The van der Waals surface area contributed by atoms with Crippen LogP contribution < -0.4 is 9.47 Å². The van der Waals surface area contributed by atoms with Crippen LogP contribution in [0.15, 0.2) is 59.6 Å². The van der Waals surface area contributed by atoms with Crippen molar-refractivity contribution in [3.63, 3.8) is 0 Å². The Hall–Kier alpha value is -2.81. The summed E-state index contributed by atoms with van der Waals surface area (Å²) in [6.07, 6.45) is 4.51. The van der Waals surface area contributed by atoms with Crippen LogP contribution in [0.1, 0.15) is 43.8 Å². The van der Waals surface area contributed by atoms with Gasteiger partial charge in [-0.3, -0.25) is 9.78 Å². The minimum Gasteiger partial charge on any atom is -0.497 e. The summed E-state index contributed by atoms with van der Waals surface area (Å²) in [5.41, 5.74) is 1.70. The number of aromatic nitrogens is 1. The van der Waals surface area contributed by atoms with E-state index in [9.17, 15) is 15.0 Å². The molecule has 1 aliphatic rings. The van der Waals surface area contributed by atoms with Crippen molar-refractivity contribution in [3.8, 4) is 11.5 Å². The van der Waals surface area contributed by atoms with Crippen molar-refractivity contribution in [2.75, 3.05) is 39.6 Å². The zero-order valence-electron chi connectivity index (χ0n) is 22.2. The van der Waals surface area contributed by atoms with Gasteiger partial charge in [0.1, 0.15) is 11.5 Å². The molecule has 1 aromatic heterocycles. The van der Waals surface area contributed by atoms with Crippen LogP contribution in [-0.4, -0.2) is 65.7 Å². The number of hydrogen-bond donors (Lipinski definition) is 2. The summed E-state index contributed by atoms with van der Waals surface area (Å²) in [5, 5.41) is 21.4. The fraction of sp³-hybridized carbons (Fsp3) is 0.467. The summed E-state index contributed by atoms with van der Waals surface area (Å²) in [4.78, 5) is 19.4. The number of aliphatic hydroxyl groups is 1. The number of fused-ring (bicyclic) bond motifs is 1.